The fourth-order valence-electron chi connectivity index (χ4n) is 6.35. The van der Waals surface area contributed by atoms with Crippen LogP contribution >= 0.6 is 0 Å². The lowest BCUT2D eigenvalue weighted by atomic mass is 9.77. The van der Waals surface area contributed by atoms with Crippen molar-refractivity contribution < 1.29 is 48.0 Å². The van der Waals surface area contributed by atoms with Gasteiger partial charge in [0.05, 0.1) is 38.9 Å². The van der Waals surface area contributed by atoms with Crippen LogP contribution in [0.3, 0.4) is 0 Å². The van der Waals surface area contributed by atoms with Gasteiger partial charge in [-0.1, -0.05) is 12.1 Å². The van der Waals surface area contributed by atoms with E-state index in [1.165, 1.54) is 25.2 Å². The number of benzene rings is 2. The number of hydrogen-bond acceptors (Lipinski definition) is 10. The first-order chi connectivity index (χ1) is 21.4. The molecular weight excluding hydrogens is 572 g/mol. The van der Waals surface area contributed by atoms with Crippen LogP contribution in [0.1, 0.15) is 45.2 Å². The fourth-order valence-corrected chi connectivity index (χ4v) is 6.35. The van der Waals surface area contributed by atoms with E-state index in [-0.39, 0.29) is 42.9 Å². The van der Waals surface area contributed by atoms with Gasteiger partial charge < -0.3 is 43.8 Å². The molecule has 1 fully saturated rings. The van der Waals surface area contributed by atoms with E-state index in [2.05, 4.69) is 5.32 Å². The molecule has 0 radical (unpaired) electrons. The number of fused-ring (bicyclic) bond motifs is 4. The number of carbonyl (C=O) groups excluding carboxylic acids is 3. The summed E-state index contributed by atoms with van der Waals surface area (Å²) in [5, 5.41) is 24.6. The number of amides is 2. The van der Waals surface area contributed by atoms with Gasteiger partial charge in [-0.05, 0) is 43.2 Å². The third kappa shape index (κ3) is 5.18. The molecule has 6 rings (SSSR count). The summed E-state index contributed by atoms with van der Waals surface area (Å²) >= 11 is 0. The number of para-hydroxylation sites is 1. The van der Waals surface area contributed by atoms with Crippen molar-refractivity contribution in [1.29, 1.82) is 0 Å². The van der Waals surface area contributed by atoms with E-state index in [1.807, 2.05) is 0 Å². The Morgan fingerprint density at radius 3 is 2.68 bits per heavy atom. The highest BCUT2D eigenvalue weighted by atomic mass is 16.5. The Balaban J connectivity index is 1.45. The first kappa shape index (κ1) is 29.7. The SMILES string of the molecule is COc1cc(C=O)cc2c1OC1C2C(C(=O)NCCO)=CC(N(CC2CCCO2)C(=O)c2cc3cccc(OC)c3o2)C1O. The molecule has 1 aromatic heterocycles. The second-order valence-electron chi connectivity index (χ2n) is 11.0. The standard InChI is InChI=1S/C32H34N2O10/c1-40-23-7-3-5-18-13-25(43-28(18)23)32(39)34(15-19-6-4-10-42-19)22-14-21(31(38)33-8-9-35)26-20-11-17(16-36)12-24(41-2)29(20)44-30(26)27(22)37/h3,5,7,11-14,16,19,22,26-27,30,35,37H,4,6,8-10,15H2,1-2H3,(H,33,38). The summed E-state index contributed by atoms with van der Waals surface area (Å²) in [6.07, 6.45) is 1.18. The molecule has 2 aliphatic heterocycles. The summed E-state index contributed by atoms with van der Waals surface area (Å²) < 4.78 is 29.0. The zero-order chi connectivity index (χ0) is 31.0. The maximum atomic E-state index is 14.3. The predicted octanol–water partition coefficient (Wildman–Crippen LogP) is 2.21. The molecule has 3 N–H and O–H groups in total. The van der Waals surface area contributed by atoms with E-state index in [0.717, 1.165) is 6.42 Å². The van der Waals surface area contributed by atoms with Crippen LogP contribution in [0.2, 0.25) is 0 Å². The monoisotopic (exact) mass is 606 g/mol. The van der Waals surface area contributed by atoms with Crippen LogP contribution in [0.15, 0.2) is 52.5 Å². The largest absolute Gasteiger partial charge is 0.493 e. The quantitative estimate of drug-likeness (QED) is 0.292. The molecule has 2 aromatic carbocycles. The van der Waals surface area contributed by atoms with Crippen LogP contribution in [0.4, 0.5) is 0 Å². The highest BCUT2D eigenvalue weighted by molar-refractivity contribution is 5.99. The summed E-state index contributed by atoms with van der Waals surface area (Å²) in [5.74, 6) is -0.712. The summed E-state index contributed by atoms with van der Waals surface area (Å²) in [6.45, 7) is 0.383. The Hall–Kier alpha value is -4.39. The van der Waals surface area contributed by atoms with Gasteiger partial charge in [0.2, 0.25) is 5.91 Å². The molecule has 44 heavy (non-hydrogen) atoms. The van der Waals surface area contributed by atoms with Gasteiger partial charge in [-0.3, -0.25) is 14.4 Å². The lowest BCUT2D eigenvalue weighted by Crippen LogP contribution is -2.57. The fraction of sp³-hybridized carbons (Fsp3) is 0.406. The number of methoxy groups -OCH3 is 2. The van der Waals surface area contributed by atoms with E-state index >= 15 is 0 Å². The molecule has 0 bridgehead atoms. The zero-order valence-electron chi connectivity index (χ0n) is 24.4. The normalized spacial score (nSPS) is 23.7. The van der Waals surface area contributed by atoms with E-state index in [1.54, 1.807) is 36.4 Å². The van der Waals surface area contributed by atoms with Gasteiger partial charge in [0.15, 0.2) is 28.6 Å². The Bertz CT molecular complexity index is 1610. The Morgan fingerprint density at radius 1 is 1.16 bits per heavy atom. The second-order valence-corrected chi connectivity index (χ2v) is 11.0. The van der Waals surface area contributed by atoms with Gasteiger partial charge in [0.25, 0.3) is 5.91 Å². The van der Waals surface area contributed by atoms with Crippen molar-refractivity contribution in [1.82, 2.24) is 10.2 Å². The van der Waals surface area contributed by atoms with Crippen LogP contribution in [0.25, 0.3) is 11.0 Å². The van der Waals surface area contributed by atoms with Crippen molar-refractivity contribution >= 4 is 29.1 Å². The number of ether oxygens (including phenoxy) is 4. The maximum absolute atomic E-state index is 14.3. The predicted molar refractivity (Wildman–Crippen MR) is 156 cm³/mol. The minimum atomic E-state index is -1.30. The molecule has 12 heteroatoms. The first-order valence-corrected chi connectivity index (χ1v) is 14.5. The third-order valence-electron chi connectivity index (χ3n) is 8.39. The van der Waals surface area contributed by atoms with Crippen LogP contribution in [-0.2, 0) is 9.53 Å². The highest BCUT2D eigenvalue weighted by Crippen LogP contribution is 2.51. The number of carbonyl (C=O) groups is 3. The molecule has 1 aliphatic carbocycles. The van der Waals surface area contributed by atoms with E-state index in [0.29, 0.717) is 52.9 Å². The molecule has 2 amide bonds. The van der Waals surface area contributed by atoms with Gasteiger partial charge >= 0.3 is 0 Å². The van der Waals surface area contributed by atoms with Gasteiger partial charge in [0.1, 0.15) is 18.5 Å². The van der Waals surface area contributed by atoms with Gasteiger partial charge in [-0.2, -0.15) is 0 Å². The molecule has 0 spiro atoms. The highest BCUT2D eigenvalue weighted by Gasteiger charge is 2.52. The maximum Gasteiger partial charge on any atom is 0.290 e. The molecule has 0 saturated carbocycles. The minimum Gasteiger partial charge on any atom is -0.493 e. The number of furan rings is 1. The lowest BCUT2D eigenvalue weighted by Gasteiger charge is -2.41. The number of aldehydes is 1. The Kier molecular flexibility index (Phi) is 8.30. The Labute approximate surface area is 253 Å². The summed E-state index contributed by atoms with van der Waals surface area (Å²) in [4.78, 5) is 41.0. The van der Waals surface area contributed by atoms with Crippen molar-refractivity contribution in [2.24, 2.45) is 0 Å². The molecule has 5 unspecified atom stereocenters. The van der Waals surface area contributed by atoms with Crippen LogP contribution in [-0.4, -0.2) is 98.1 Å². The van der Waals surface area contributed by atoms with Gasteiger partial charge in [0, 0.05) is 41.8 Å². The molecule has 5 atom stereocenters. The van der Waals surface area contributed by atoms with E-state index < -0.39 is 36.0 Å². The van der Waals surface area contributed by atoms with Crippen molar-refractivity contribution in [3.8, 4) is 17.2 Å². The molecule has 3 heterocycles. The number of nitrogens with one attached hydrogen (secondary N) is 1. The first-order valence-electron chi connectivity index (χ1n) is 14.5. The number of aliphatic hydroxyl groups is 2. The van der Waals surface area contributed by atoms with Crippen LogP contribution in [0, 0.1) is 0 Å². The smallest absolute Gasteiger partial charge is 0.290 e. The van der Waals surface area contributed by atoms with Crippen molar-refractivity contribution in [3.05, 3.63) is 64.9 Å². The van der Waals surface area contributed by atoms with E-state index in [9.17, 15) is 24.6 Å². The number of hydrogen-bond donors (Lipinski definition) is 3. The number of rotatable bonds is 10. The van der Waals surface area contributed by atoms with Gasteiger partial charge in [-0.25, -0.2) is 0 Å². The minimum absolute atomic E-state index is 0.00836. The molecule has 3 aliphatic rings. The van der Waals surface area contributed by atoms with Crippen molar-refractivity contribution in [2.75, 3.05) is 40.5 Å². The zero-order valence-corrected chi connectivity index (χ0v) is 24.4. The topological polar surface area (TPSA) is 157 Å². The number of aliphatic hydroxyl groups excluding tert-OH is 2. The number of nitrogens with zero attached hydrogens (tertiary/aromatic N) is 1. The average molecular weight is 607 g/mol. The molecule has 12 nitrogen and oxygen atoms in total. The summed E-state index contributed by atoms with van der Waals surface area (Å²) in [7, 11) is 2.95. The Morgan fingerprint density at radius 2 is 1.98 bits per heavy atom. The van der Waals surface area contributed by atoms with Gasteiger partial charge in [-0.15, -0.1) is 0 Å². The molecule has 3 aromatic rings. The lowest BCUT2D eigenvalue weighted by molar-refractivity contribution is -0.118. The molecule has 1 saturated heterocycles. The van der Waals surface area contributed by atoms with E-state index in [4.69, 9.17) is 23.4 Å². The van der Waals surface area contributed by atoms with Crippen LogP contribution < -0.4 is 19.5 Å². The summed E-state index contributed by atoms with van der Waals surface area (Å²) in [5.41, 5.74) is 1.44. The third-order valence-corrected chi connectivity index (χ3v) is 8.39. The molecular formula is C32H34N2O10. The van der Waals surface area contributed by atoms with Crippen LogP contribution in [0.5, 0.6) is 17.2 Å². The van der Waals surface area contributed by atoms with Crippen molar-refractivity contribution in [2.45, 2.75) is 43.1 Å². The molecule has 232 valence electrons. The average Bonchev–Trinajstić information content (AvgIpc) is 3.81. The van der Waals surface area contributed by atoms with Crippen molar-refractivity contribution in [3.63, 3.8) is 0 Å². The summed E-state index contributed by atoms with van der Waals surface area (Å²) in [6, 6.07) is 9.04. The second kappa shape index (κ2) is 12.3.